The largest absolute Gasteiger partial charge is 0.466 e. The predicted octanol–water partition coefficient (Wildman–Crippen LogP) is 4.88. The summed E-state index contributed by atoms with van der Waals surface area (Å²) in [6, 6.07) is 17.1. The third-order valence-electron chi connectivity index (χ3n) is 4.81. The Morgan fingerprint density at radius 2 is 1.56 bits per heavy atom. The molecule has 3 nitrogen and oxygen atoms in total. The summed E-state index contributed by atoms with van der Waals surface area (Å²) in [4.78, 5) is 13.7. The summed E-state index contributed by atoms with van der Waals surface area (Å²) in [5.41, 5.74) is 6.32. The highest BCUT2D eigenvalue weighted by atomic mass is 16.5. The Hall–Kier alpha value is -2.65. The molecule has 0 aliphatic heterocycles. The first-order valence-electron chi connectivity index (χ1n) is 9.60. The number of benzene rings is 2. The van der Waals surface area contributed by atoms with Gasteiger partial charge in [-0.05, 0) is 48.2 Å². The number of nitrogens with zero attached hydrogens (tertiary/aromatic N) is 1. The number of hydrogen-bond donors (Lipinski definition) is 0. The van der Waals surface area contributed by atoms with Crippen molar-refractivity contribution in [2.24, 2.45) is 0 Å². The molecule has 0 heterocycles. The molecule has 0 N–H and O–H groups in total. The lowest BCUT2D eigenvalue weighted by Crippen LogP contribution is -2.23. The Balaban J connectivity index is 1.73. The van der Waals surface area contributed by atoms with Crippen LogP contribution in [0.3, 0.4) is 0 Å². The van der Waals surface area contributed by atoms with Crippen molar-refractivity contribution in [2.45, 2.75) is 19.8 Å². The van der Waals surface area contributed by atoms with Gasteiger partial charge in [0, 0.05) is 13.1 Å². The molecule has 3 heteroatoms. The maximum atomic E-state index is 11.5. The van der Waals surface area contributed by atoms with Crippen LogP contribution >= 0.6 is 0 Å². The fourth-order valence-electron chi connectivity index (χ4n) is 3.38. The van der Waals surface area contributed by atoms with Crippen LogP contribution in [0, 0.1) is 0 Å². The minimum absolute atomic E-state index is 0.125. The molecule has 3 rings (SSSR count). The summed E-state index contributed by atoms with van der Waals surface area (Å²) in [5.74, 6) is -0.125. The monoisotopic (exact) mass is 361 g/mol. The third-order valence-corrected chi connectivity index (χ3v) is 4.81. The van der Waals surface area contributed by atoms with E-state index in [-0.39, 0.29) is 5.97 Å². The molecule has 0 bridgehead atoms. The second-order valence-corrected chi connectivity index (χ2v) is 6.77. The van der Waals surface area contributed by atoms with Gasteiger partial charge in [-0.25, -0.2) is 0 Å². The van der Waals surface area contributed by atoms with Crippen molar-refractivity contribution in [3.63, 3.8) is 0 Å². The lowest BCUT2D eigenvalue weighted by Gasteiger charge is -2.16. The number of rotatable bonds is 7. The molecule has 2 aromatic carbocycles. The number of ether oxygens (including phenoxy) is 1. The van der Waals surface area contributed by atoms with Crippen LogP contribution in [0.2, 0.25) is 0 Å². The molecule has 0 aromatic heterocycles. The molecule has 0 unspecified atom stereocenters. The maximum absolute atomic E-state index is 11.5. The zero-order chi connectivity index (χ0) is 19.1. The van der Waals surface area contributed by atoms with E-state index in [9.17, 15) is 4.79 Å². The summed E-state index contributed by atoms with van der Waals surface area (Å²) in [5, 5.41) is 0. The maximum Gasteiger partial charge on any atom is 0.307 e. The Morgan fingerprint density at radius 1 is 0.963 bits per heavy atom. The SMILES string of the molecule is CCOC(=O)CCN(C)CCC=C1c2ccccc2C=Cc2ccccc21. The zero-order valence-corrected chi connectivity index (χ0v) is 16.2. The Morgan fingerprint density at radius 3 is 2.15 bits per heavy atom. The molecule has 0 spiro atoms. The van der Waals surface area contributed by atoms with Crippen molar-refractivity contribution < 1.29 is 9.53 Å². The van der Waals surface area contributed by atoms with Gasteiger partial charge in [0.15, 0.2) is 0 Å². The highest BCUT2D eigenvalue weighted by Crippen LogP contribution is 2.33. The van der Waals surface area contributed by atoms with Gasteiger partial charge in [0.2, 0.25) is 0 Å². The molecular formula is C24H27NO2. The predicted molar refractivity (Wildman–Crippen MR) is 112 cm³/mol. The molecule has 0 saturated carbocycles. The van der Waals surface area contributed by atoms with E-state index < -0.39 is 0 Å². The van der Waals surface area contributed by atoms with E-state index in [1.165, 1.54) is 27.8 Å². The van der Waals surface area contributed by atoms with E-state index in [1.54, 1.807) is 0 Å². The lowest BCUT2D eigenvalue weighted by molar-refractivity contribution is -0.143. The molecule has 0 saturated heterocycles. The van der Waals surface area contributed by atoms with Crippen molar-refractivity contribution >= 4 is 23.7 Å². The van der Waals surface area contributed by atoms with Gasteiger partial charge in [0.1, 0.15) is 0 Å². The highest BCUT2D eigenvalue weighted by molar-refractivity contribution is 5.93. The van der Waals surface area contributed by atoms with Crippen LogP contribution in [0.15, 0.2) is 54.6 Å². The molecular weight excluding hydrogens is 334 g/mol. The van der Waals surface area contributed by atoms with Gasteiger partial charge in [-0.2, -0.15) is 0 Å². The number of carbonyl (C=O) groups is 1. The fourth-order valence-corrected chi connectivity index (χ4v) is 3.38. The van der Waals surface area contributed by atoms with Crippen LogP contribution in [-0.2, 0) is 9.53 Å². The molecule has 2 aromatic rings. The van der Waals surface area contributed by atoms with E-state index in [2.05, 4.69) is 71.7 Å². The van der Waals surface area contributed by atoms with Gasteiger partial charge in [-0.3, -0.25) is 4.79 Å². The summed E-state index contributed by atoms with van der Waals surface area (Å²) in [7, 11) is 2.05. The lowest BCUT2D eigenvalue weighted by atomic mass is 9.93. The van der Waals surface area contributed by atoms with Crippen LogP contribution in [0.25, 0.3) is 17.7 Å². The fraction of sp³-hybridized carbons (Fsp3) is 0.292. The topological polar surface area (TPSA) is 29.5 Å². The first-order valence-corrected chi connectivity index (χ1v) is 9.60. The smallest absolute Gasteiger partial charge is 0.307 e. The molecule has 140 valence electrons. The standard InChI is InChI=1S/C24H27NO2/c1-3-27-24(26)16-18-25(2)17-8-13-23-21-11-6-4-9-19(21)14-15-20-10-5-7-12-22(20)23/h4-7,9-15H,3,8,16-18H2,1-2H3. The number of carbonyl (C=O) groups excluding carboxylic acids is 1. The van der Waals surface area contributed by atoms with Crippen molar-refractivity contribution in [1.82, 2.24) is 4.90 Å². The Labute approximate surface area is 162 Å². The van der Waals surface area contributed by atoms with Crippen LogP contribution in [0.4, 0.5) is 0 Å². The number of fused-ring (bicyclic) bond motifs is 2. The second kappa shape index (κ2) is 9.33. The van der Waals surface area contributed by atoms with E-state index >= 15 is 0 Å². The van der Waals surface area contributed by atoms with E-state index in [4.69, 9.17) is 4.74 Å². The van der Waals surface area contributed by atoms with Gasteiger partial charge in [0.05, 0.1) is 13.0 Å². The van der Waals surface area contributed by atoms with E-state index in [0.29, 0.717) is 13.0 Å². The van der Waals surface area contributed by atoms with Gasteiger partial charge in [0.25, 0.3) is 0 Å². The first-order chi connectivity index (χ1) is 13.2. The molecule has 27 heavy (non-hydrogen) atoms. The van der Waals surface area contributed by atoms with Crippen molar-refractivity contribution in [2.75, 3.05) is 26.7 Å². The Kier molecular flexibility index (Phi) is 6.61. The molecule has 0 radical (unpaired) electrons. The van der Waals surface area contributed by atoms with Crippen LogP contribution in [0.1, 0.15) is 42.0 Å². The normalized spacial score (nSPS) is 12.3. The van der Waals surface area contributed by atoms with Crippen molar-refractivity contribution in [3.05, 3.63) is 76.9 Å². The average molecular weight is 361 g/mol. The molecule has 1 aliphatic rings. The van der Waals surface area contributed by atoms with Gasteiger partial charge in [-0.15, -0.1) is 0 Å². The second-order valence-electron chi connectivity index (χ2n) is 6.77. The first kappa shape index (κ1) is 19.1. The average Bonchev–Trinajstić information content (AvgIpc) is 2.84. The minimum Gasteiger partial charge on any atom is -0.466 e. The molecule has 0 fully saturated rings. The summed E-state index contributed by atoms with van der Waals surface area (Å²) >= 11 is 0. The summed E-state index contributed by atoms with van der Waals surface area (Å²) in [6.07, 6.45) is 8.08. The van der Waals surface area contributed by atoms with Gasteiger partial charge < -0.3 is 9.64 Å². The third kappa shape index (κ3) is 4.95. The zero-order valence-electron chi connectivity index (χ0n) is 16.2. The van der Waals surface area contributed by atoms with Crippen molar-refractivity contribution in [1.29, 1.82) is 0 Å². The van der Waals surface area contributed by atoms with Gasteiger partial charge >= 0.3 is 5.97 Å². The number of esters is 1. The summed E-state index contributed by atoms with van der Waals surface area (Å²) in [6.45, 7) is 3.91. The summed E-state index contributed by atoms with van der Waals surface area (Å²) < 4.78 is 5.00. The molecule has 0 atom stereocenters. The number of hydrogen-bond acceptors (Lipinski definition) is 3. The Bertz CT molecular complexity index is 799. The highest BCUT2D eigenvalue weighted by Gasteiger charge is 2.14. The van der Waals surface area contributed by atoms with E-state index in [0.717, 1.165) is 19.5 Å². The molecule has 1 aliphatic carbocycles. The minimum atomic E-state index is -0.125. The van der Waals surface area contributed by atoms with Crippen LogP contribution in [-0.4, -0.2) is 37.6 Å². The van der Waals surface area contributed by atoms with Crippen LogP contribution < -0.4 is 0 Å². The van der Waals surface area contributed by atoms with Gasteiger partial charge in [-0.1, -0.05) is 66.8 Å². The van der Waals surface area contributed by atoms with Crippen LogP contribution in [0.5, 0.6) is 0 Å². The van der Waals surface area contributed by atoms with E-state index in [1.807, 2.05) is 14.0 Å². The molecule has 0 amide bonds. The van der Waals surface area contributed by atoms with Crippen molar-refractivity contribution in [3.8, 4) is 0 Å². The quantitative estimate of drug-likeness (QED) is 0.562.